The van der Waals surface area contributed by atoms with Crippen molar-refractivity contribution in [2.75, 3.05) is 0 Å². The summed E-state index contributed by atoms with van der Waals surface area (Å²) in [6.45, 7) is 1.87. The van der Waals surface area contributed by atoms with Gasteiger partial charge in [-0.2, -0.15) is 0 Å². The number of aryl methyl sites for hydroxylation is 1. The lowest BCUT2D eigenvalue weighted by molar-refractivity contribution is 0.178. The number of benzene rings is 1. The van der Waals surface area contributed by atoms with Crippen molar-refractivity contribution in [2.24, 2.45) is 0 Å². The van der Waals surface area contributed by atoms with E-state index in [1.807, 2.05) is 13.0 Å². The molecule has 0 saturated carbocycles. The first-order chi connectivity index (χ1) is 8.58. The number of hydrogen-bond donors (Lipinski definition) is 1. The molecule has 0 fully saturated rings. The molecule has 0 aliphatic rings. The molecule has 0 bridgehead atoms. The molecule has 94 valence electrons. The van der Waals surface area contributed by atoms with E-state index in [4.69, 9.17) is 0 Å². The molecule has 1 aromatic heterocycles. The summed E-state index contributed by atoms with van der Waals surface area (Å²) < 4.78 is 13.8. The second kappa shape index (κ2) is 5.59. The molecule has 2 nitrogen and oxygen atoms in total. The van der Waals surface area contributed by atoms with Crippen molar-refractivity contribution in [3.63, 3.8) is 0 Å². The normalized spacial score (nSPS) is 12.4. The molecule has 0 spiro atoms. The lowest BCUT2D eigenvalue weighted by atomic mass is 10.0. The molecule has 2 aromatic rings. The first kappa shape index (κ1) is 13.2. The van der Waals surface area contributed by atoms with E-state index < -0.39 is 6.10 Å². The minimum Gasteiger partial charge on any atom is -0.388 e. The standard InChI is InChI=1S/C14H13BrFNO/c1-9-7-10(5-6-17-9)13(18)8-11-3-2-4-12(16)14(11)15/h2-7,13,18H,8H2,1H3. The Kier molecular flexibility index (Phi) is 4.09. The maximum atomic E-state index is 13.4. The maximum absolute atomic E-state index is 13.4. The van der Waals surface area contributed by atoms with E-state index in [9.17, 15) is 9.50 Å². The molecule has 18 heavy (non-hydrogen) atoms. The van der Waals surface area contributed by atoms with Gasteiger partial charge in [0.1, 0.15) is 5.82 Å². The van der Waals surface area contributed by atoms with Gasteiger partial charge >= 0.3 is 0 Å². The molecule has 0 aliphatic carbocycles. The topological polar surface area (TPSA) is 33.1 Å². The van der Waals surface area contributed by atoms with E-state index >= 15 is 0 Å². The second-order valence-corrected chi connectivity index (χ2v) is 4.96. The number of aliphatic hydroxyl groups is 1. The zero-order chi connectivity index (χ0) is 13.1. The minimum atomic E-state index is -0.662. The van der Waals surface area contributed by atoms with Crippen LogP contribution in [0, 0.1) is 12.7 Å². The van der Waals surface area contributed by atoms with Gasteiger partial charge in [0.15, 0.2) is 0 Å². The molecular weight excluding hydrogens is 297 g/mol. The van der Waals surface area contributed by atoms with E-state index in [1.54, 1.807) is 24.4 Å². The van der Waals surface area contributed by atoms with Gasteiger partial charge < -0.3 is 5.11 Å². The Labute approximate surface area is 114 Å². The SMILES string of the molecule is Cc1cc(C(O)Cc2cccc(F)c2Br)ccn1. The first-order valence-electron chi connectivity index (χ1n) is 5.61. The van der Waals surface area contributed by atoms with Crippen LogP contribution in [0.4, 0.5) is 4.39 Å². The van der Waals surface area contributed by atoms with Crippen LogP contribution < -0.4 is 0 Å². The summed E-state index contributed by atoms with van der Waals surface area (Å²) in [5.41, 5.74) is 2.39. The van der Waals surface area contributed by atoms with E-state index in [-0.39, 0.29) is 5.82 Å². The average Bonchev–Trinajstić information content (AvgIpc) is 2.35. The molecule has 1 heterocycles. The van der Waals surface area contributed by atoms with Gasteiger partial charge in [-0.05, 0) is 52.2 Å². The minimum absolute atomic E-state index is 0.314. The molecule has 1 N–H and O–H groups in total. The molecule has 1 aromatic carbocycles. The zero-order valence-electron chi connectivity index (χ0n) is 9.90. The van der Waals surface area contributed by atoms with Crippen molar-refractivity contribution in [3.8, 4) is 0 Å². The third-order valence-electron chi connectivity index (χ3n) is 2.75. The van der Waals surface area contributed by atoms with Gasteiger partial charge in [-0.25, -0.2) is 4.39 Å². The summed E-state index contributed by atoms with van der Waals surface area (Å²) in [5.74, 6) is -0.314. The average molecular weight is 310 g/mol. The van der Waals surface area contributed by atoms with Gasteiger partial charge in [0.25, 0.3) is 0 Å². The molecule has 1 atom stereocenters. The van der Waals surface area contributed by atoms with Crippen LogP contribution in [0.15, 0.2) is 41.0 Å². The highest BCUT2D eigenvalue weighted by Gasteiger charge is 2.12. The van der Waals surface area contributed by atoms with Crippen molar-refractivity contribution >= 4 is 15.9 Å². The predicted octanol–water partition coefficient (Wildman–Crippen LogP) is 3.57. The fourth-order valence-corrected chi connectivity index (χ4v) is 2.23. The summed E-state index contributed by atoms with van der Waals surface area (Å²) in [7, 11) is 0. The Hall–Kier alpha value is -1.26. The van der Waals surface area contributed by atoms with Crippen molar-refractivity contribution < 1.29 is 9.50 Å². The lowest BCUT2D eigenvalue weighted by Crippen LogP contribution is -2.03. The van der Waals surface area contributed by atoms with E-state index in [0.29, 0.717) is 10.9 Å². The van der Waals surface area contributed by atoms with Gasteiger partial charge in [-0.3, -0.25) is 4.98 Å². The largest absolute Gasteiger partial charge is 0.388 e. The molecule has 0 radical (unpaired) electrons. The van der Waals surface area contributed by atoms with E-state index in [1.165, 1.54) is 6.07 Å². The number of hydrogen-bond acceptors (Lipinski definition) is 2. The molecule has 0 aliphatic heterocycles. The summed E-state index contributed by atoms with van der Waals surface area (Å²) in [4.78, 5) is 4.08. The number of nitrogens with zero attached hydrogens (tertiary/aromatic N) is 1. The van der Waals surface area contributed by atoms with Crippen LogP contribution in [0.2, 0.25) is 0 Å². The van der Waals surface area contributed by atoms with Gasteiger partial charge in [-0.1, -0.05) is 12.1 Å². The number of pyridine rings is 1. The van der Waals surface area contributed by atoms with Crippen molar-refractivity contribution in [1.29, 1.82) is 0 Å². The van der Waals surface area contributed by atoms with Crippen molar-refractivity contribution in [1.82, 2.24) is 4.98 Å². The molecule has 0 amide bonds. The second-order valence-electron chi connectivity index (χ2n) is 4.16. The third-order valence-corrected chi connectivity index (χ3v) is 3.64. The smallest absolute Gasteiger partial charge is 0.137 e. The summed E-state index contributed by atoms with van der Waals surface area (Å²) in [6.07, 6.45) is 1.36. The Bertz CT molecular complexity index is 559. The van der Waals surface area contributed by atoms with Crippen LogP contribution in [-0.2, 0) is 6.42 Å². The lowest BCUT2D eigenvalue weighted by Gasteiger charge is -2.13. The van der Waals surface area contributed by atoms with Crippen molar-refractivity contribution in [3.05, 3.63) is 63.6 Å². The third kappa shape index (κ3) is 2.94. The van der Waals surface area contributed by atoms with Crippen LogP contribution in [0.1, 0.15) is 22.9 Å². The molecule has 0 saturated heterocycles. The molecule has 2 rings (SSSR count). The van der Waals surface area contributed by atoms with E-state index in [0.717, 1.165) is 16.8 Å². The number of aliphatic hydroxyl groups excluding tert-OH is 1. The molecular formula is C14H13BrFNO. The van der Waals surface area contributed by atoms with E-state index in [2.05, 4.69) is 20.9 Å². The fourth-order valence-electron chi connectivity index (χ4n) is 1.81. The first-order valence-corrected chi connectivity index (χ1v) is 6.40. The number of aromatic nitrogens is 1. The fraction of sp³-hybridized carbons (Fsp3) is 0.214. The highest BCUT2D eigenvalue weighted by molar-refractivity contribution is 9.10. The van der Waals surface area contributed by atoms with Gasteiger partial charge in [-0.15, -0.1) is 0 Å². The predicted molar refractivity (Wildman–Crippen MR) is 71.7 cm³/mol. The Balaban J connectivity index is 2.21. The Morgan fingerprint density at radius 2 is 2.17 bits per heavy atom. The summed E-state index contributed by atoms with van der Waals surface area (Å²) in [6, 6.07) is 8.42. The summed E-state index contributed by atoms with van der Waals surface area (Å²) in [5, 5.41) is 10.1. The monoisotopic (exact) mass is 309 g/mol. The van der Waals surface area contributed by atoms with Crippen LogP contribution in [-0.4, -0.2) is 10.1 Å². The van der Waals surface area contributed by atoms with Crippen LogP contribution in [0.5, 0.6) is 0 Å². The highest BCUT2D eigenvalue weighted by atomic mass is 79.9. The maximum Gasteiger partial charge on any atom is 0.137 e. The number of rotatable bonds is 3. The van der Waals surface area contributed by atoms with Gasteiger partial charge in [0.2, 0.25) is 0 Å². The number of halogens is 2. The highest BCUT2D eigenvalue weighted by Crippen LogP contribution is 2.25. The van der Waals surface area contributed by atoms with Gasteiger partial charge in [0.05, 0.1) is 10.6 Å². The van der Waals surface area contributed by atoms with Crippen LogP contribution in [0.3, 0.4) is 0 Å². The van der Waals surface area contributed by atoms with Crippen LogP contribution >= 0.6 is 15.9 Å². The molecule has 4 heteroatoms. The summed E-state index contributed by atoms with van der Waals surface area (Å²) >= 11 is 3.20. The zero-order valence-corrected chi connectivity index (χ0v) is 11.5. The van der Waals surface area contributed by atoms with Gasteiger partial charge in [0, 0.05) is 18.3 Å². The Morgan fingerprint density at radius 1 is 1.39 bits per heavy atom. The quantitative estimate of drug-likeness (QED) is 0.940. The van der Waals surface area contributed by atoms with Crippen LogP contribution in [0.25, 0.3) is 0 Å². The van der Waals surface area contributed by atoms with Crippen molar-refractivity contribution in [2.45, 2.75) is 19.4 Å². The Morgan fingerprint density at radius 3 is 2.89 bits per heavy atom. The molecule has 1 unspecified atom stereocenters.